The molecule has 0 N–H and O–H groups in total. The molecule has 1 rings (SSSR count). The minimum atomic E-state index is 0.0199. The number of nitriles is 1. The summed E-state index contributed by atoms with van der Waals surface area (Å²) < 4.78 is 0. The van der Waals surface area contributed by atoms with Gasteiger partial charge in [-0.2, -0.15) is 5.26 Å². The van der Waals surface area contributed by atoms with E-state index in [2.05, 4.69) is 26.8 Å². The van der Waals surface area contributed by atoms with Gasteiger partial charge in [0.1, 0.15) is 0 Å². The highest BCUT2D eigenvalue weighted by atomic mass is 16.2. The van der Waals surface area contributed by atoms with Crippen LogP contribution in [0.25, 0.3) is 0 Å². The van der Waals surface area contributed by atoms with E-state index < -0.39 is 0 Å². The van der Waals surface area contributed by atoms with Crippen molar-refractivity contribution in [1.29, 1.82) is 5.26 Å². The van der Waals surface area contributed by atoms with Crippen LogP contribution in [0.3, 0.4) is 0 Å². The fourth-order valence-corrected chi connectivity index (χ4v) is 3.61. The molecule has 0 unspecified atom stereocenters. The van der Waals surface area contributed by atoms with Crippen molar-refractivity contribution in [3.05, 3.63) is 0 Å². The van der Waals surface area contributed by atoms with Gasteiger partial charge in [-0.1, -0.05) is 20.8 Å². The zero-order valence-corrected chi connectivity index (χ0v) is 13.1. The number of rotatable bonds is 4. The lowest BCUT2D eigenvalue weighted by Crippen LogP contribution is -2.37. The minimum absolute atomic E-state index is 0.0199. The zero-order valence-electron chi connectivity index (χ0n) is 13.1. The van der Waals surface area contributed by atoms with Crippen molar-refractivity contribution in [2.24, 2.45) is 17.3 Å². The molecule has 0 aromatic heterocycles. The Kier molecular flexibility index (Phi) is 5.40. The molecule has 0 bridgehead atoms. The molecule has 0 saturated heterocycles. The standard InChI is InChI=1S/C16H28N2O/c1-12-8-14(11-16(3,4)10-12)9-15(19)18(5)13(2)6-7-17/h12-14H,6,8-11H2,1-5H3/t12-,13+,14+/m1/s1. The average molecular weight is 264 g/mol. The topological polar surface area (TPSA) is 44.1 Å². The number of hydrogen-bond acceptors (Lipinski definition) is 2. The van der Waals surface area contributed by atoms with E-state index in [1.165, 1.54) is 6.42 Å². The first-order chi connectivity index (χ1) is 8.75. The van der Waals surface area contributed by atoms with Crippen molar-refractivity contribution in [3.8, 4) is 6.07 Å². The molecule has 0 aromatic rings. The summed E-state index contributed by atoms with van der Waals surface area (Å²) in [5.41, 5.74) is 0.361. The normalized spacial score (nSPS) is 27.4. The molecule has 108 valence electrons. The van der Waals surface area contributed by atoms with Gasteiger partial charge in [-0.25, -0.2) is 0 Å². The molecular weight excluding hydrogens is 236 g/mol. The van der Waals surface area contributed by atoms with Gasteiger partial charge in [-0.15, -0.1) is 0 Å². The van der Waals surface area contributed by atoms with Crippen LogP contribution >= 0.6 is 0 Å². The fraction of sp³-hybridized carbons (Fsp3) is 0.875. The van der Waals surface area contributed by atoms with Crippen LogP contribution in [0.15, 0.2) is 0 Å². The molecule has 19 heavy (non-hydrogen) atoms. The summed E-state index contributed by atoms with van der Waals surface area (Å²) in [5.74, 6) is 1.41. The highest BCUT2D eigenvalue weighted by molar-refractivity contribution is 5.76. The van der Waals surface area contributed by atoms with Crippen molar-refractivity contribution >= 4 is 5.91 Å². The maximum absolute atomic E-state index is 12.3. The Morgan fingerprint density at radius 1 is 1.47 bits per heavy atom. The molecule has 1 aliphatic carbocycles. The predicted octanol–water partition coefficient (Wildman–Crippen LogP) is 3.60. The molecule has 1 fully saturated rings. The van der Waals surface area contributed by atoms with Crippen molar-refractivity contribution in [2.45, 2.75) is 65.8 Å². The zero-order chi connectivity index (χ0) is 14.6. The Hall–Kier alpha value is -1.04. The summed E-state index contributed by atoms with van der Waals surface area (Å²) in [6, 6.07) is 2.15. The number of carbonyl (C=O) groups is 1. The fourth-order valence-electron chi connectivity index (χ4n) is 3.61. The number of hydrogen-bond donors (Lipinski definition) is 0. The Bertz CT molecular complexity index is 356. The second-order valence-electron chi connectivity index (χ2n) is 7.20. The lowest BCUT2D eigenvalue weighted by Gasteiger charge is -2.39. The van der Waals surface area contributed by atoms with Gasteiger partial charge in [0.05, 0.1) is 12.5 Å². The third-order valence-electron chi connectivity index (χ3n) is 4.38. The summed E-state index contributed by atoms with van der Waals surface area (Å²) in [7, 11) is 1.82. The summed E-state index contributed by atoms with van der Waals surface area (Å²) in [6.07, 6.45) is 4.62. The molecule has 0 spiro atoms. The van der Waals surface area contributed by atoms with Crippen molar-refractivity contribution in [3.63, 3.8) is 0 Å². The monoisotopic (exact) mass is 264 g/mol. The van der Waals surface area contributed by atoms with Crippen LogP contribution in [0, 0.1) is 28.6 Å². The molecular formula is C16H28N2O. The predicted molar refractivity (Wildman–Crippen MR) is 77.4 cm³/mol. The highest BCUT2D eigenvalue weighted by Crippen LogP contribution is 2.42. The van der Waals surface area contributed by atoms with E-state index >= 15 is 0 Å². The number of amides is 1. The first kappa shape index (κ1) is 16.0. The first-order valence-corrected chi connectivity index (χ1v) is 7.38. The molecule has 3 nitrogen and oxygen atoms in total. The minimum Gasteiger partial charge on any atom is -0.342 e. The Morgan fingerprint density at radius 3 is 2.63 bits per heavy atom. The highest BCUT2D eigenvalue weighted by Gasteiger charge is 2.33. The lowest BCUT2D eigenvalue weighted by atomic mass is 9.67. The Labute approximate surface area is 118 Å². The van der Waals surface area contributed by atoms with Gasteiger partial charge in [-0.3, -0.25) is 4.79 Å². The second kappa shape index (κ2) is 6.41. The average Bonchev–Trinajstić information content (AvgIpc) is 2.25. The lowest BCUT2D eigenvalue weighted by molar-refractivity contribution is -0.133. The molecule has 0 aliphatic heterocycles. The van der Waals surface area contributed by atoms with E-state index in [1.807, 2.05) is 14.0 Å². The largest absolute Gasteiger partial charge is 0.342 e. The van der Waals surface area contributed by atoms with Gasteiger partial charge in [0.2, 0.25) is 5.91 Å². The molecule has 3 heteroatoms. The van der Waals surface area contributed by atoms with E-state index in [4.69, 9.17) is 5.26 Å². The SMILES string of the molecule is C[C@@H]1C[C@@H](CC(=O)N(C)[C@@H](C)CC#N)CC(C)(C)C1. The Balaban J connectivity index is 2.54. The van der Waals surface area contributed by atoms with Gasteiger partial charge >= 0.3 is 0 Å². The smallest absolute Gasteiger partial charge is 0.222 e. The van der Waals surface area contributed by atoms with Gasteiger partial charge in [0.15, 0.2) is 0 Å². The third kappa shape index (κ3) is 4.86. The van der Waals surface area contributed by atoms with Gasteiger partial charge in [-0.05, 0) is 43.4 Å². The van der Waals surface area contributed by atoms with Gasteiger partial charge in [0, 0.05) is 19.5 Å². The maximum Gasteiger partial charge on any atom is 0.222 e. The van der Waals surface area contributed by atoms with E-state index in [0.29, 0.717) is 30.1 Å². The van der Waals surface area contributed by atoms with Gasteiger partial charge < -0.3 is 4.90 Å². The molecule has 1 saturated carbocycles. The van der Waals surface area contributed by atoms with Crippen LogP contribution < -0.4 is 0 Å². The summed E-state index contributed by atoms with van der Waals surface area (Å²) in [5, 5.41) is 8.70. The molecule has 1 amide bonds. The Morgan fingerprint density at radius 2 is 2.11 bits per heavy atom. The van der Waals surface area contributed by atoms with Crippen molar-refractivity contribution < 1.29 is 4.79 Å². The first-order valence-electron chi connectivity index (χ1n) is 7.38. The third-order valence-corrected chi connectivity index (χ3v) is 4.38. The molecule has 0 heterocycles. The van der Waals surface area contributed by atoms with Crippen LogP contribution in [0.1, 0.15) is 59.8 Å². The molecule has 3 atom stereocenters. The number of nitrogens with zero attached hydrogens (tertiary/aromatic N) is 2. The summed E-state index contributed by atoms with van der Waals surface area (Å²) in [6.45, 7) is 8.85. The van der Waals surface area contributed by atoms with E-state index in [0.717, 1.165) is 12.8 Å². The maximum atomic E-state index is 12.3. The van der Waals surface area contributed by atoms with Crippen LogP contribution in [-0.2, 0) is 4.79 Å². The molecule has 1 aliphatic rings. The summed E-state index contributed by atoms with van der Waals surface area (Å²) >= 11 is 0. The van der Waals surface area contributed by atoms with E-state index in [-0.39, 0.29) is 11.9 Å². The molecule has 0 aromatic carbocycles. The molecule has 0 radical (unpaired) electrons. The van der Waals surface area contributed by atoms with Crippen molar-refractivity contribution in [2.75, 3.05) is 7.05 Å². The van der Waals surface area contributed by atoms with Crippen LogP contribution in [-0.4, -0.2) is 23.9 Å². The van der Waals surface area contributed by atoms with Crippen LogP contribution in [0.2, 0.25) is 0 Å². The van der Waals surface area contributed by atoms with Crippen molar-refractivity contribution in [1.82, 2.24) is 4.90 Å². The number of carbonyl (C=O) groups excluding carboxylic acids is 1. The summed E-state index contributed by atoms with van der Waals surface area (Å²) in [4.78, 5) is 14.0. The van der Waals surface area contributed by atoms with Crippen LogP contribution in [0.5, 0.6) is 0 Å². The van der Waals surface area contributed by atoms with E-state index in [9.17, 15) is 4.79 Å². The van der Waals surface area contributed by atoms with E-state index in [1.54, 1.807) is 4.90 Å². The second-order valence-corrected chi connectivity index (χ2v) is 7.20. The van der Waals surface area contributed by atoms with Crippen LogP contribution in [0.4, 0.5) is 0 Å². The van der Waals surface area contributed by atoms with Gasteiger partial charge in [0.25, 0.3) is 0 Å². The quantitative estimate of drug-likeness (QED) is 0.778.